The maximum absolute atomic E-state index is 12.6. The number of hydrogen-bond acceptors (Lipinski definition) is 8. The molecule has 0 saturated carbocycles. The molecule has 0 fully saturated rings. The van der Waals surface area contributed by atoms with Crippen molar-refractivity contribution < 1.29 is 37.6 Å². The van der Waals surface area contributed by atoms with Crippen molar-refractivity contribution in [3.05, 3.63) is 85.1 Å². The van der Waals surface area contributed by atoms with Gasteiger partial charge in [0.1, 0.15) is 6.61 Å². The van der Waals surface area contributed by atoms with Gasteiger partial charge < -0.3 is 20.1 Å². The van der Waals surface area contributed by atoms with E-state index in [1.807, 2.05) is 0 Å². The number of phosphoric ester groups is 1. The molecular weight excluding hydrogens is 762 g/mol. The van der Waals surface area contributed by atoms with Gasteiger partial charge in [-0.25, -0.2) is 4.57 Å². The molecule has 10 heteroatoms. The number of nitrogens with two attached hydrogens (primary N) is 1. The molecule has 0 heterocycles. The zero-order valence-electron chi connectivity index (χ0n) is 37.2. The lowest BCUT2D eigenvalue weighted by atomic mass is 10.1. The molecule has 2 atom stereocenters. The summed E-state index contributed by atoms with van der Waals surface area (Å²) < 4.78 is 32.7. The molecule has 0 bridgehead atoms. The maximum Gasteiger partial charge on any atom is 0.472 e. The number of esters is 2. The van der Waals surface area contributed by atoms with Crippen LogP contribution in [-0.4, -0.2) is 49.3 Å². The lowest BCUT2D eigenvalue weighted by Crippen LogP contribution is -2.29. The highest BCUT2D eigenvalue weighted by atomic mass is 31.2. The Hall–Kier alpha value is -2.81. The first-order valence-electron chi connectivity index (χ1n) is 23.1. The van der Waals surface area contributed by atoms with Crippen molar-refractivity contribution in [1.29, 1.82) is 0 Å². The second kappa shape index (κ2) is 44.7. The molecule has 0 aliphatic carbocycles. The van der Waals surface area contributed by atoms with Crippen molar-refractivity contribution in [3.8, 4) is 0 Å². The van der Waals surface area contributed by atoms with Gasteiger partial charge in [-0.2, -0.15) is 0 Å². The first-order valence-corrected chi connectivity index (χ1v) is 24.6. The van der Waals surface area contributed by atoms with Crippen molar-refractivity contribution >= 4 is 19.8 Å². The van der Waals surface area contributed by atoms with Crippen LogP contribution in [-0.2, 0) is 32.7 Å². The number of ether oxygens (including phenoxy) is 2. The van der Waals surface area contributed by atoms with Gasteiger partial charge in [0.2, 0.25) is 0 Å². The van der Waals surface area contributed by atoms with Crippen LogP contribution in [0.15, 0.2) is 85.1 Å². The summed E-state index contributed by atoms with van der Waals surface area (Å²) in [5.74, 6) is -0.849. The third-order valence-corrected chi connectivity index (χ3v) is 10.3. The Labute approximate surface area is 360 Å². The average molecular weight is 846 g/mol. The Morgan fingerprint density at radius 1 is 0.525 bits per heavy atom. The molecule has 59 heavy (non-hydrogen) atoms. The van der Waals surface area contributed by atoms with Crippen LogP contribution in [0, 0.1) is 0 Å². The van der Waals surface area contributed by atoms with E-state index in [0.29, 0.717) is 6.42 Å². The van der Waals surface area contributed by atoms with E-state index in [9.17, 15) is 19.0 Å². The Balaban J connectivity index is 4.06. The Bertz CT molecular complexity index is 1240. The van der Waals surface area contributed by atoms with E-state index < -0.39 is 32.5 Å². The third kappa shape index (κ3) is 44.6. The molecule has 0 aliphatic heterocycles. The zero-order chi connectivity index (χ0) is 43.2. The molecule has 3 N–H and O–H groups in total. The van der Waals surface area contributed by atoms with E-state index in [2.05, 4.69) is 98.9 Å². The highest BCUT2D eigenvalue weighted by Gasteiger charge is 2.26. The SMILES string of the molecule is CC/C=C\C/C=C\C/C=C\C/C=C\C/C=C\C/C=C\C/C=C\CCCCCCCCCC(=O)OC(COC(=O)CCCCCCCCCCC)COP(=O)(O)OCCN. The number of carbonyl (C=O) groups excluding carboxylic acids is 2. The fraction of sp³-hybridized carbons (Fsp3) is 0.673. The van der Waals surface area contributed by atoms with Crippen LogP contribution in [0.5, 0.6) is 0 Å². The highest BCUT2D eigenvalue weighted by molar-refractivity contribution is 7.47. The molecule has 0 saturated heterocycles. The minimum atomic E-state index is -4.38. The first kappa shape index (κ1) is 56.2. The number of phosphoric acid groups is 1. The van der Waals surface area contributed by atoms with Crippen molar-refractivity contribution in [3.63, 3.8) is 0 Å². The van der Waals surface area contributed by atoms with Gasteiger partial charge in [-0.15, -0.1) is 0 Å². The molecule has 0 aromatic heterocycles. The summed E-state index contributed by atoms with van der Waals surface area (Å²) in [6, 6.07) is 0. The lowest BCUT2D eigenvalue weighted by molar-refractivity contribution is -0.161. The topological polar surface area (TPSA) is 134 Å². The molecule has 338 valence electrons. The van der Waals surface area contributed by atoms with E-state index in [0.717, 1.165) is 89.9 Å². The molecular formula is C49H84NO8P. The van der Waals surface area contributed by atoms with Gasteiger partial charge in [0.05, 0.1) is 13.2 Å². The average Bonchev–Trinajstić information content (AvgIpc) is 3.22. The minimum absolute atomic E-state index is 0.0481. The Morgan fingerprint density at radius 2 is 0.932 bits per heavy atom. The monoisotopic (exact) mass is 846 g/mol. The number of rotatable bonds is 42. The summed E-state index contributed by atoms with van der Waals surface area (Å²) in [7, 11) is -4.38. The van der Waals surface area contributed by atoms with Crippen LogP contribution < -0.4 is 5.73 Å². The standard InChI is InChI=1S/C49H84NO8P/c1-3-5-7-9-11-13-14-15-16-17-18-19-20-21-22-23-24-25-26-27-28-29-30-31-32-34-36-38-40-42-49(52)58-47(46-57-59(53,54)56-44-43-50)45-55-48(51)41-39-37-35-33-12-10-8-6-4-2/h5,7,11,13,15-16,18-19,21-22,24-25,27-28,47H,3-4,6,8-10,12,14,17,20,23,26,29-46,50H2,1-2H3,(H,53,54)/b7-5-,13-11-,16-15-,19-18-,22-21-,25-24-,28-27-. The van der Waals surface area contributed by atoms with Crippen LogP contribution in [0.2, 0.25) is 0 Å². The van der Waals surface area contributed by atoms with Crippen LogP contribution in [0.4, 0.5) is 0 Å². The van der Waals surface area contributed by atoms with Gasteiger partial charge in [0.15, 0.2) is 6.10 Å². The molecule has 0 aromatic carbocycles. The quantitative estimate of drug-likeness (QED) is 0.0266. The second-order valence-corrected chi connectivity index (χ2v) is 16.3. The number of carbonyl (C=O) groups is 2. The zero-order valence-corrected chi connectivity index (χ0v) is 38.1. The summed E-state index contributed by atoms with van der Waals surface area (Å²) >= 11 is 0. The molecule has 9 nitrogen and oxygen atoms in total. The minimum Gasteiger partial charge on any atom is -0.462 e. The van der Waals surface area contributed by atoms with Crippen LogP contribution in [0.25, 0.3) is 0 Å². The van der Waals surface area contributed by atoms with Crippen LogP contribution in [0.3, 0.4) is 0 Å². The van der Waals surface area contributed by atoms with E-state index in [4.69, 9.17) is 24.3 Å². The van der Waals surface area contributed by atoms with Gasteiger partial charge in [0, 0.05) is 19.4 Å². The molecule has 0 radical (unpaired) electrons. The summed E-state index contributed by atoms with van der Waals surface area (Å²) in [5.41, 5.74) is 5.34. The van der Waals surface area contributed by atoms with Gasteiger partial charge in [-0.3, -0.25) is 18.6 Å². The van der Waals surface area contributed by atoms with Crippen LogP contribution >= 0.6 is 7.82 Å². The third-order valence-electron chi connectivity index (χ3n) is 9.30. The predicted octanol–water partition coefficient (Wildman–Crippen LogP) is 13.6. The van der Waals surface area contributed by atoms with E-state index >= 15 is 0 Å². The van der Waals surface area contributed by atoms with Crippen LogP contribution in [0.1, 0.15) is 181 Å². The largest absolute Gasteiger partial charge is 0.472 e. The molecule has 0 amide bonds. The second-order valence-electron chi connectivity index (χ2n) is 14.9. The normalized spacial score (nSPS) is 14.0. The summed E-state index contributed by atoms with van der Waals surface area (Å²) in [6.45, 7) is 3.56. The smallest absolute Gasteiger partial charge is 0.462 e. The fourth-order valence-electron chi connectivity index (χ4n) is 5.91. The number of allylic oxidation sites excluding steroid dienone is 14. The van der Waals surface area contributed by atoms with Crippen molar-refractivity contribution in [2.75, 3.05) is 26.4 Å². The van der Waals surface area contributed by atoms with Crippen molar-refractivity contribution in [1.82, 2.24) is 0 Å². The van der Waals surface area contributed by atoms with E-state index in [1.54, 1.807) is 0 Å². The summed E-state index contributed by atoms with van der Waals surface area (Å²) in [5, 5.41) is 0. The number of hydrogen-bond donors (Lipinski definition) is 2. The molecule has 0 spiro atoms. The van der Waals surface area contributed by atoms with Gasteiger partial charge in [-0.1, -0.05) is 182 Å². The summed E-state index contributed by atoms with van der Waals surface area (Å²) in [6.07, 6.45) is 56.3. The van der Waals surface area contributed by atoms with Gasteiger partial charge in [0.25, 0.3) is 0 Å². The maximum atomic E-state index is 12.6. The molecule has 0 aromatic rings. The fourth-order valence-corrected chi connectivity index (χ4v) is 6.67. The Morgan fingerprint density at radius 3 is 1.39 bits per heavy atom. The first-order chi connectivity index (χ1) is 28.8. The molecule has 0 rings (SSSR count). The highest BCUT2D eigenvalue weighted by Crippen LogP contribution is 2.43. The lowest BCUT2D eigenvalue weighted by Gasteiger charge is -2.19. The van der Waals surface area contributed by atoms with Gasteiger partial charge >= 0.3 is 19.8 Å². The molecule has 2 unspecified atom stereocenters. The Kier molecular flexibility index (Phi) is 42.6. The van der Waals surface area contributed by atoms with Gasteiger partial charge in [-0.05, 0) is 70.6 Å². The number of unbranched alkanes of at least 4 members (excludes halogenated alkanes) is 15. The van der Waals surface area contributed by atoms with E-state index in [-0.39, 0.29) is 32.6 Å². The van der Waals surface area contributed by atoms with Crippen molar-refractivity contribution in [2.24, 2.45) is 5.73 Å². The van der Waals surface area contributed by atoms with Crippen molar-refractivity contribution in [2.45, 2.75) is 187 Å². The summed E-state index contributed by atoms with van der Waals surface area (Å²) in [4.78, 5) is 34.8. The van der Waals surface area contributed by atoms with E-state index in [1.165, 1.54) is 57.8 Å². The predicted molar refractivity (Wildman–Crippen MR) is 247 cm³/mol. The molecule has 0 aliphatic rings.